The molecule has 1 amide bonds. The van der Waals surface area contributed by atoms with Crippen molar-refractivity contribution in [2.75, 3.05) is 32.0 Å². The Morgan fingerprint density at radius 1 is 1.43 bits per heavy atom. The van der Waals surface area contributed by atoms with Crippen LogP contribution >= 0.6 is 28.3 Å². The van der Waals surface area contributed by atoms with Crippen LogP contribution < -0.4 is 10.6 Å². The van der Waals surface area contributed by atoms with Crippen LogP contribution in [-0.4, -0.2) is 43.5 Å². The highest BCUT2D eigenvalue weighted by Gasteiger charge is 2.19. The van der Waals surface area contributed by atoms with Crippen molar-refractivity contribution in [3.05, 3.63) is 28.2 Å². The van der Waals surface area contributed by atoms with Crippen molar-refractivity contribution in [1.29, 1.82) is 0 Å². The number of carbonyl (C=O) groups is 1. The number of likely N-dealkylation sites (N-methyl/N-ethyl adjacent to an activating group) is 1. The fourth-order valence-corrected chi connectivity index (χ4v) is 3.11. The van der Waals surface area contributed by atoms with Crippen molar-refractivity contribution in [3.63, 3.8) is 0 Å². The van der Waals surface area contributed by atoms with Crippen LogP contribution in [-0.2, 0) is 4.79 Å². The van der Waals surface area contributed by atoms with E-state index >= 15 is 0 Å². The summed E-state index contributed by atoms with van der Waals surface area (Å²) in [6.07, 6.45) is 2.22. The molecule has 1 fully saturated rings. The van der Waals surface area contributed by atoms with Crippen LogP contribution in [0.5, 0.6) is 0 Å². The average Bonchev–Trinajstić information content (AvgIpc) is 2.43. The molecular weight excluding hydrogens is 354 g/mol. The molecule has 0 atom stereocenters. The van der Waals surface area contributed by atoms with Gasteiger partial charge in [0, 0.05) is 10.5 Å². The molecule has 4 nitrogen and oxygen atoms in total. The number of hydrogen-bond donors (Lipinski definition) is 2. The molecule has 0 aliphatic carbocycles. The summed E-state index contributed by atoms with van der Waals surface area (Å²) in [5, 5.41) is 6.31. The molecule has 6 heteroatoms. The molecule has 2 rings (SSSR count). The molecule has 1 aromatic carbocycles. The summed E-state index contributed by atoms with van der Waals surface area (Å²) in [6.45, 7) is 4.55. The van der Waals surface area contributed by atoms with Crippen molar-refractivity contribution in [3.8, 4) is 0 Å². The van der Waals surface area contributed by atoms with Crippen LogP contribution in [0.2, 0.25) is 0 Å². The average molecular weight is 377 g/mol. The zero-order valence-corrected chi connectivity index (χ0v) is 14.9. The number of hydrogen-bond acceptors (Lipinski definition) is 3. The number of nitrogens with zero attached hydrogens (tertiary/aromatic N) is 1. The highest BCUT2D eigenvalue weighted by atomic mass is 79.9. The van der Waals surface area contributed by atoms with Gasteiger partial charge in [-0.25, -0.2) is 0 Å². The molecule has 0 aromatic heterocycles. The number of halogens is 2. The predicted octanol–water partition coefficient (Wildman–Crippen LogP) is 2.80. The number of aryl methyl sites for hydroxylation is 1. The van der Waals surface area contributed by atoms with Crippen molar-refractivity contribution in [2.45, 2.75) is 25.8 Å². The second-order valence-electron chi connectivity index (χ2n) is 5.43. The minimum atomic E-state index is 0. The maximum absolute atomic E-state index is 12.1. The summed E-state index contributed by atoms with van der Waals surface area (Å²) in [7, 11) is 2.03. The second kappa shape index (κ2) is 8.73. The number of anilines is 1. The first-order chi connectivity index (χ1) is 9.56. The van der Waals surface area contributed by atoms with Gasteiger partial charge in [0.15, 0.2) is 0 Å². The highest BCUT2D eigenvalue weighted by Crippen LogP contribution is 2.23. The van der Waals surface area contributed by atoms with Gasteiger partial charge < -0.3 is 10.6 Å². The molecule has 0 saturated carbocycles. The van der Waals surface area contributed by atoms with Gasteiger partial charge in [-0.15, -0.1) is 12.4 Å². The van der Waals surface area contributed by atoms with E-state index in [0.717, 1.165) is 36.1 Å². The Kier molecular flexibility index (Phi) is 7.66. The fourth-order valence-electron chi connectivity index (χ4n) is 2.51. The Morgan fingerprint density at radius 3 is 2.71 bits per heavy atom. The van der Waals surface area contributed by atoms with Gasteiger partial charge in [0.2, 0.25) is 5.91 Å². The van der Waals surface area contributed by atoms with Crippen LogP contribution in [0, 0.1) is 6.92 Å². The fraction of sp³-hybridized carbons (Fsp3) is 0.533. The normalized spacial score (nSPS) is 15.6. The van der Waals surface area contributed by atoms with E-state index < -0.39 is 0 Å². The smallest absolute Gasteiger partial charge is 0.238 e. The summed E-state index contributed by atoms with van der Waals surface area (Å²) in [6, 6.07) is 6.44. The Morgan fingerprint density at radius 2 is 2.10 bits per heavy atom. The summed E-state index contributed by atoms with van der Waals surface area (Å²) < 4.78 is 0.926. The van der Waals surface area contributed by atoms with E-state index in [9.17, 15) is 4.79 Å². The van der Waals surface area contributed by atoms with E-state index in [0.29, 0.717) is 12.6 Å². The quantitative estimate of drug-likeness (QED) is 0.849. The number of carbonyl (C=O) groups excluding carboxylic acids is 1. The number of benzene rings is 1. The first-order valence-electron chi connectivity index (χ1n) is 7.03. The summed E-state index contributed by atoms with van der Waals surface area (Å²) >= 11 is 3.48. The molecule has 1 aliphatic rings. The summed E-state index contributed by atoms with van der Waals surface area (Å²) in [5.74, 6) is 0.0376. The molecule has 1 aromatic rings. The number of amides is 1. The monoisotopic (exact) mass is 375 g/mol. The molecule has 1 heterocycles. The topological polar surface area (TPSA) is 44.4 Å². The summed E-state index contributed by atoms with van der Waals surface area (Å²) in [5.41, 5.74) is 2.00. The number of piperidine rings is 1. The van der Waals surface area contributed by atoms with Crippen molar-refractivity contribution < 1.29 is 4.79 Å². The largest absolute Gasteiger partial charge is 0.324 e. The van der Waals surface area contributed by atoms with Gasteiger partial charge in [0.1, 0.15) is 0 Å². The van der Waals surface area contributed by atoms with Crippen LogP contribution in [0.25, 0.3) is 0 Å². The Labute approximate surface area is 141 Å². The van der Waals surface area contributed by atoms with E-state index in [1.807, 2.05) is 32.2 Å². The zero-order valence-electron chi connectivity index (χ0n) is 12.5. The van der Waals surface area contributed by atoms with E-state index in [4.69, 9.17) is 0 Å². The van der Waals surface area contributed by atoms with Gasteiger partial charge >= 0.3 is 0 Å². The van der Waals surface area contributed by atoms with Crippen LogP contribution in [0.1, 0.15) is 18.4 Å². The standard InChI is InChI=1S/C15H22BrN3O.ClH/c1-11-3-4-14(13(16)9-11)18-15(20)10-19(2)12-5-7-17-8-6-12;/h3-4,9,12,17H,5-8,10H2,1-2H3,(H,18,20);1H. The van der Waals surface area contributed by atoms with E-state index in [-0.39, 0.29) is 18.3 Å². The third-order valence-electron chi connectivity index (χ3n) is 3.72. The van der Waals surface area contributed by atoms with E-state index in [1.165, 1.54) is 5.56 Å². The maximum atomic E-state index is 12.1. The molecule has 2 N–H and O–H groups in total. The maximum Gasteiger partial charge on any atom is 0.238 e. The van der Waals surface area contributed by atoms with Crippen molar-refractivity contribution >= 4 is 39.9 Å². The van der Waals surface area contributed by atoms with Crippen molar-refractivity contribution in [2.24, 2.45) is 0 Å². The zero-order chi connectivity index (χ0) is 14.5. The molecule has 0 unspecified atom stereocenters. The SMILES string of the molecule is Cc1ccc(NC(=O)CN(C)C2CCNCC2)c(Br)c1.Cl. The lowest BCUT2D eigenvalue weighted by molar-refractivity contribution is -0.117. The van der Waals surface area contributed by atoms with Gasteiger partial charge in [-0.2, -0.15) is 0 Å². The van der Waals surface area contributed by atoms with Gasteiger partial charge in [0.25, 0.3) is 0 Å². The molecule has 0 bridgehead atoms. The van der Waals surface area contributed by atoms with Gasteiger partial charge in [-0.3, -0.25) is 9.69 Å². The molecule has 0 radical (unpaired) electrons. The number of nitrogens with one attached hydrogen (secondary N) is 2. The minimum absolute atomic E-state index is 0. The Balaban J connectivity index is 0.00000220. The van der Waals surface area contributed by atoms with E-state index in [2.05, 4.69) is 31.5 Å². The highest BCUT2D eigenvalue weighted by molar-refractivity contribution is 9.10. The first-order valence-corrected chi connectivity index (χ1v) is 7.82. The van der Waals surface area contributed by atoms with Gasteiger partial charge in [-0.1, -0.05) is 6.07 Å². The lowest BCUT2D eigenvalue weighted by Crippen LogP contribution is -2.44. The molecule has 118 valence electrons. The third-order valence-corrected chi connectivity index (χ3v) is 4.38. The lowest BCUT2D eigenvalue weighted by Gasteiger charge is -2.31. The molecule has 1 aliphatic heterocycles. The third kappa shape index (κ3) is 5.58. The van der Waals surface area contributed by atoms with Gasteiger partial charge in [-0.05, 0) is 73.5 Å². The lowest BCUT2D eigenvalue weighted by atomic mass is 10.1. The minimum Gasteiger partial charge on any atom is -0.324 e. The Hall–Kier alpha value is -0.620. The van der Waals surface area contributed by atoms with Crippen molar-refractivity contribution in [1.82, 2.24) is 10.2 Å². The van der Waals surface area contributed by atoms with E-state index in [1.54, 1.807) is 0 Å². The predicted molar refractivity (Wildman–Crippen MR) is 93.3 cm³/mol. The molecular formula is C15H23BrClN3O. The summed E-state index contributed by atoms with van der Waals surface area (Å²) in [4.78, 5) is 14.3. The van der Waals surface area contributed by atoms with Crippen LogP contribution in [0.4, 0.5) is 5.69 Å². The second-order valence-corrected chi connectivity index (χ2v) is 6.28. The van der Waals surface area contributed by atoms with Gasteiger partial charge in [0.05, 0.1) is 12.2 Å². The van der Waals surface area contributed by atoms with Crippen LogP contribution in [0.15, 0.2) is 22.7 Å². The number of rotatable bonds is 4. The molecule has 0 spiro atoms. The first kappa shape index (κ1) is 18.4. The molecule has 21 heavy (non-hydrogen) atoms. The molecule has 1 saturated heterocycles. The Bertz CT molecular complexity index is 478. The van der Waals surface area contributed by atoms with Crippen LogP contribution in [0.3, 0.4) is 0 Å².